The second-order valence-corrected chi connectivity index (χ2v) is 10.1. The van der Waals surface area contributed by atoms with E-state index in [0.717, 1.165) is 60.4 Å². The molecule has 3 aromatic carbocycles. The van der Waals surface area contributed by atoms with E-state index in [0.29, 0.717) is 0 Å². The van der Waals surface area contributed by atoms with Crippen molar-refractivity contribution >= 4 is 37.9 Å². The van der Waals surface area contributed by atoms with E-state index in [9.17, 15) is 0 Å². The highest BCUT2D eigenvalue weighted by molar-refractivity contribution is 9.10. The second kappa shape index (κ2) is 9.36. The summed E-state index contributed by atoms with van der Waals surface area (Å²) < 4.78 is 3.28. The van der Waals surface area contributed by atoms with E-state index in [2.05, 4.69) is 97.2 Å². The van der Waals surface area contributed by atoms with E-state index in [4.69, 9.17) is 4.98 Å². The zero-order chi connectivity index (χ0) is 25.5. The fourth-order valence-corrected chi connectivity index (χ4v) is 5.40. The molecule has 0 aliphatic rings. The maximum absolute atomic E-state index is 4.73. The van der Waals surface area contributed by atoms with Gasteiger partial charge >= 0.3 is 0 Å². The lowest BCUT2D eigenvalue weighted by Gasteiger charge is -2.12. The zero-order valence-electron chi connectivity index (χ0n) is 20.3. The van der Waals surface area contributed by atoms with Gasteiger partial charge < -0.3 is 0 Å². The summed E-state index contributed by atoms with van der Waals surface area (Å²) in [7, 11) is 0. The molecule has 180 valence electrons. The minimum Gasteiger partial charge on any atom is -0.294 e. The number of fused-ring (bicyclic) bond motifs is 3. The van der Waals surface area contributed by atoms with Crippen LogP contribution in [0.15, 0.2) is 132 Å². The molecule has 0 amide bonds. The fraction of sp³-hybridized carbons (Fsp3) is 0. The van der Waals surface area contributed by atoms with Gasteiger partial charge in [-0.25, -0.2) is 4.98 Å². The van der Waals surface area contributed by atoms with Crippen molar-refractivity contribution in [2.45, 2.75) is 0 Å². The standard InChI is InChI=1S/C33H21BrN4/c34-26-11-14-32-29(21-26)28-6-5-17-37-33(28)38(32)27-12-9-22(10-13-27)23-18-24(30-7-1-3-15-35-30)20-25(19-23)31-8-2-4-16-36-31/h1-21H. The molecular formula is C33H21BrN4. The monoisotopic (exact) mass is 552 g/mol. The fourth-order valence-electron chi connectivity index (χ4n) is 5.04. The molecule has 0 unspecified atom stereocenters. The van der Waals surface area contributed by atoms with Crippen molar-refractivity contribution in [2.75, 3.05) is 0 Å². The third kappa shape index (κ3) is 3.98. The van der Waals surface area contributed by atoms with E-state index >= 15 is 0 Å². The van der Waals surface area contributed by atoms with Gasteiger partial charge in [0, 0.05) is 50.6 Å². The summed E-state index contributed by atoms with van der Waals surface area (Å²) in [5, 5.41) is 2.31. The normalized spacial score (nSPS) is 11.3. The maximum Gasteiger partial charge on any atom is 0.145 e. The van der Waals surface area contributed by atoms with Gasteiger partial charge in [0.05, 0.1) is 16.9 Å². The Bertz CT molecular complexity index is 1850. The molecule has 0 fully saturated rings. The van der Waals surface area contributed by atoms with Crippen LogP contribution in [-0.2, 0) is 0 Å². The summed E-state index contributed by atoms with van der Waals surface area (Å²) in [5.41, 5.74) is 9.38. The first-order valence-electron chi connectivity index (χ1n) is 12.4. The molecule has 0 radical (unpaired) electrons. The average molecular weight is 553 g/mol. The van der Waals surface area contributed by atoms with Crippen LogP contribution in [0, 0.1) is 0 Å². The Hall–Kier alpha value is -4.61. The summed E-state index contributed by atoms with van der Waals surface area (Å²) in [6.45, 7) is 0. The first-order valence-corrected chi connectivity index (χ1v) is 13.2. The van der Waals surface area contributed by atoms with E-state index in [1.165, 1.54) is 5.39 Å². The van der Waals surface area contributed by atoms with Crippen molar-refractivity contribution < 1.29 is 0 Å². The van der Waals surface area contributed by atoms with Crippen LogP contribution in [-0.4, -0.2) is 19.5 Å². The van der Waals surface area contributed by atoms with Gasteiger partial charge in [0.1, 0.15) is 5.65 Å². The number of nitrogens with zero attached hydrogens (tertiary/aromatic N) is 4. The molecule has 0 aliphatic heterocycles. The van der Waals surface area contributed by atoms with Crippen molar-refractivity contribution in [3.8, 4) is 39.3 Å². The molecule has 0 atom stereocenters. The van der Waals surface area contributed by atoms with Gasteiger partial charge in [-0.05, 0) is 96.1 Å². The largest absolute Gasteiger partial charge is 0.294 e. The molecule has 38 heavy (non-hydrogen) atoms. The molecule has 0 bridgehead atoms. The van der Waals surface area contributed by atoms with E-state index < -0.39 is 0 Å². The van der Waals surface area contributed by atoms with Crippen LogP contribution in [0.2, 0.25) is 0 Å². The summed E-state index contributed by atoms with van der Waals surface area (Å²) in [5.74, 6) is 0. The van der Waals surface area contributed by atoms with Crippen LogP contribution >= 0.6 is 15.9 Å². The van der Waals surface area contributed by atoms with Crippen LogP contribution in [0.1, 0.15) is 0 Å². The van der Waals surface area contributed by atoms with Gasteiger partial charge in [-0.15, -0.1) is 0 Å². The maximum atomic E-state index is 4.73. The van der Waals surface area contributed by atoms with Crippen LogP contribution in [0.4, 0.5) is 0 Å². The Labute approximate surface area is 228 Å². The number of benzene rings is 3. The molecule has 4 heterocycles. The smallest absolute Gasteiger partial charge is 0.145 e. The van der Waals surface area contributed by atoms with E-state index in [1.54, 1.807) is 0 Å². The summed E-state index contributed by atoms with van der Waals surface area (Å²) in [6, 6.07) is 37.7. The zero-order valence-corrected chi connectivity index (χ0v) is 21.9. The lowest BCUT2D eigenvalue weighted by Crippen LogP contribution is -1.95. The number of pyridine rings is 3. The Morgan fingerprint density at radius 1 is 0.500 bits per heavy atom. The first kappa shape index (κ1) is 22.6. The van der Waals surface area contributed by atoms with Crippen molar-refractivity contribution in [2.24, 2.45) is 0 Å². The van der Waals surface area contributed by atoms with Crippen LogP contribution in [0.3, 0.4) is 0 Å². The number of rotatable bonds is 4. The van der Waals surface area contributed by atoms with Gasteiger partial charge in [-0.3, -0.25) is 14.5 Å². The molecule has 0 N–H and O–H groups in total. The van der Waals surface area contributed by atoms with Crippen molar-refractivity contribution in [3.63, 3.8) is 0 Å². The first-order chi connectivity index (χ1) is 18.7. The Morgan fingerprint density at radius 2 is 1.16 bits per heavy atom. The third-order valence-electron chi connectivity index (χ3n) is 6.80. The molecule has 7 aromatic rings. The second-order valence-electron chi connectivity index (χ2n) is 9.15. The lowest BCUT2D eigenvalue weighted by molar-refractivity contribution is 1.14. The Kier molecular flexibility index (Phi) is 5.56. The highest BCUT2D eigenvalue weighted by Gasteiger charge is 2.14. The van der Waals surface area contributed by atoms with Gasteiger partial charge in [-0.1, -0.05) is 40.2 Å². The van der Waals surface area contributed by atoms with Gasteiger partial charge in [0.25, 0.3) is 0 Å². The predicted molar refractivity (Wildman–Crippen MR) is 158 cm³/mol. The van der Waals surface area contributed by atoms with Gasteiger partial charge in [-0.2, -0.15) is 0 Å². The summed E-state index contributed by atoms with van der Waals surface area (Å²) in [6.07, 6.45) is 5.51. The summed E-state index contributed by atoms with van der Waals surface area (Å²) >= 11 is 3.63. The Balaban J connectivity index is 1.37. The third-order valence-corrected chi connectivity index (χ3v) is 7.29. The minimum atomic E-state index is 0.936. The summed E-state index contributed by atoms with van der Waals surface area (Å²) in [4.78, 5) is 13.9. The van der Waals surface area contributed by atoms with Gasteiger partial charge in [0.15, 0.2) is 0 Å². The predicted octanol–water partition coefficient (Wildman–Crippen LogP) is 8.73. The molecule has 0 aliphatic carbocycles. The van der Waals surface area contributed by atoms with Crippen LogP contribution in [0.5, 0.6) is 0 Å². The molecule has 0 saturated heterocycles. The molecule has 7 rings (SSSR count). The highest BCUT2D eigenvalue weighted by atomic mass is 79.9. The SMILES string of the molecule is Brc1ccc2c(c1)c1cccnc1n2-c1ccc(-c2cc(-c3ccccn3)cc(-c3ccccn3)c2)cc1. The number of hydrogen-bond acceptors (Lipinski definition) is 3. The number of halogens is 1. The quantitative estimate of drug-likeness (QED) is 0.219. The van der Waals surface area contributed by atoms with E-state index in [-0.39, 0.29) is 0 Å². The molecule has 4 nitrogen and oxygen atoms in total. The number of aromatic nitrogens is 4. The highest BCUT2D eigenvalue weighted by Crippen LogP contribution is 2.35. The molecule has 4 aromatic heterocycles. The lowest BCUT2D eigenvalue weighted by atomic mass is 9.96. The van der Waals surface area contributed by atoms with Crippen LogP contribution in [0.25, 0.3) is 61.3 Å². The minimum absolute atomic E-state index is 0.936. The Morgan fingerprint density at radius 3 is 1.82 bits per heavy atom. The topological polar surface area (TPSA) is 43.6 Å². The van der Waals surface area contributed by atoms with Gasteiger partial charge in [0.2, 0.25) is 0 Å². The number of hydrogen-bond donors (Lipinski definition) is 0. The molecule has 0 saturated carbocycles. The molecular weight excluding hydrogens is 532 g/mol. The molecule has 5 heteroatoms. The van der Waals surface area contributed by atoms with Crippen molar-refractivity contribution in [1.82, 2.24) is 19.5 Å². The van der Waals surface area contributed by atoms with Crippen molar-refractivity contribution in [1.29, 1.82) is 0 Å². The van der Waals surface area contributed by atoms with Crippen LogP contribution < -0.4 is 0 Å². The van der Waals surface area contributed by atoms with Crippen molar-refractivity contribution in [3.05, 3.63) is 132 Å². The average Bonchev–Trinajstić information content (AvgIpc) is 3.31. The van der Waals surface area contributed by atoms with E-state index in [1.807, 2.05) is 61.1 Å². The molecule has 0 spiro atoms.